The van der Waals surface area contributed by atoms with Crippen LogP contribution in [0.3, 0.4) is 0 Å². The molecule has 1 aliphatic rings. The van der Waals surface area contributed by atoms with Crippen LogP contribution in [0.2, 0.25) is 5.02 Å². The van der Waals surface area contributed by atoms with Crippen molar-refractivity contribution >= 4 is 23.4 Å². The molecule has 2 N–H and O–H groups in total. The molecule has 0 aliphatic carbocycles. The van der Waals surface area contributed by atoms with E-state index < -0.39 is 23.9 Å². The third-order valence-corrected chi connectivity index (χ3v) is 4.26. The van der Waals surface area contributed by atoms with E-state index in [4.69, 9.17) is 17.3 Å². The van der Waals surface area contributed by atoms with Crippen molar-refractivity contribution in [2.24, 2.45) is 5.73 Å². The summed E-state index contributed by atoms with van der Waals surface area (Å²) in [5.41, 5.74) is 5.44. The summed E-state index contributed by atoms with van der Waals surface area (Å²) < 4.78 is 27.2. The number of hydrogen-bond acceptors (Lipinski definition) is 3. The van der Waals surface area contributed by atoms with Gasteiger partial charge in [0.25, 0.3) is 0 Å². The van der Waals surface area contributed by atoms with Crippen LogP contribution in [0, 0.1) is 5.82 Å². The van der Waals surface area contributed by atoms with Gasteiger partial charge in [-0.05, 0) is 12.1 Å². The van der Waals surface area contributed by atoms with E-state index in [9.17, 15) is 18.4 Å². The molecule has 1 fully saturated rings. The van der Waals surface area contributed by atoms with E-state index in [0.29, 0.717) is 0 Å². The van der Waals surface area contributed by atoms with Gasteiger partial charge in [-0.3, -0.25) is 14.5 Å². The van der Waals surface area contributed by atoms with Crippen molar-refractivity contribution in [1.29, 1.82) is 0 Å². The number of hydrogen-bond donors (Lipinski definition) is 1. The molecule has 1 heterocycles. The maximum absolute atomic E-state index is 13.8. The van der Waals surface area contributed by atoms with Crippen molar-refractivity contribution in [1.82, 2.24) is 9.80 Å². The number of halogens is 3. The summed E-state index contributed by atoms with van der Waals surface area (Å²) in [5.74, 6) is -1.53. The van der Waals surface area contributed by atoms with Crippen LogP contribution in [0.15, 0.2) is 18.2 Å². The minimum absolute atomic E-state index is 0.00846. The minimum atomic E-state index is -1.19. The zero-order valence-electron chi connectivity index (χ0n) is 12.6. The summed E-state index contributed by atoms with van der Waals surface area (Å²) in [4.78, 5) is 26.3. The first kappa shape index (κ1) is 17.6. The van der Waals surface area contributed by atoms with E-state index in [1.54, 1.807) is 0 Å². The Balaban J connectivity index is 2.01. The molecule has 1 aromatic rings. The molecule has 5 nitrogen and oxygen atoms in total. The fourth-order valence-electron chi connectivity index (χ4n) is 2.62. The van der Waals surface area contributed by atoms with Crippen LogP contribution in [0.1, 0.15) is 12.0 Å². The predicted octanol–water partition coefficient (Wildman–Crippen LogP) is 1.34. The number of carbonyl (C=O) groups is 2. The molecule has 0 radical (unpaired) electrons. The molecular formula is C15H18ClF2N3O2. The third-order valence-electron chi connectivity index (χ3n) is 3.90. The van der Waals surface area contributed by atoms with Gasteiger partial charge < -0.3 is 10.6 Å². The van der Waals surface area contributed by atoms with E-state index in [2.05, 4.69) is 0 Å². The lowest BCUT2D eigenvalue weighted by Crippen LogP contribution is -2.45. The number of benzene rings is 1. The molecule has 1 saturated heterocycles. The van der Waals surface area contributed by atoms with Gasteiger partial charge in [0, 0.05) is 37.1 Å². The van der Waals surface area contributed by atoms with E-state index in [1.165, 1.54) is 35.0 Å². The first-order chi connectivity index (χ1) is 10.8. The number of nitrogens with two attached hydrogens (primary N) is 1. The van der Waals surface area contributed by atoms with E-state index in [1.807, 2.05) is 0 Å². The maximum Gasteiger partial charge on any atom is 0.236 e. The predicted molar refractivity (Wildman–Crippen MR) is 82.0 cm³/mol. The fraction of sp³-hybridized carbons (Fsp3) is 0.467. The van der Waals surface area contributed by atoms with E-state index in [-0.39, 0.29) is 42.5 Å². The molecule has 23 heavy (non-hydrogen) atoms. The first-order valence-electron chi connectivity index (χ1n) is 7.14. The van der Waals surface area contributed by atoms with Crippen LogP contribution in [-0.2, 0) is 16.1 Å². The number of likely N-dealkylation sites (N-methyl/N-ethyl adjacent to an activating group) is 1. The van der Waals surface area contributed by atoms with Crippen LogP contribution in [0.5, 0.6) is 0 Å². The monoisotopic (exact) mass is 345 g/mol. The third kappa shape index (κ3) is 4.17. The van der Waals surface area contributed by atoms with Gasteiger partial charge in [0.2, 0.25) is 11.8 Å². The number of amides is 2. The van der Waals surface area contributed by atoms with Crippen molar-refractivity contribution in [3.8, 4) is 0 Å². The molecule has 1 aliphatic heterocycles. The highest BCUT2D eigenvalue weighted by Gasteiger charge is 2.37. The average Bonchev–Trinajstić information content (AvgIpc) is 2.83. The largest absolute Gasteiger partial charge is 0.368 e. The first-order valence-corrected chi connectivity index (χ1v) is 7.51. The van der Waals surface area contributed by atoms with Crippen LogP contribution >= 0.6 is 11.6 Å². The maximum atomic E-state index is 13.8. The lowest BCUT2D eigenvalue weighted by atomic mass is 10.2. The normalized spacial score (nSPS) is 21.4. The molecule has 2 rings (SSSR count). The molecule has 0 bridgehead atoms. The lowest BCUT2D eigenvalue weighted by Gasteiger charge is -2.25. The highest BCUT2D eigenvalue weighted by Crippen LogP contribution is 2.22. The Kier molecular flexibility index (Phi) is 5.54. The summed E-state index contributed by atoms with van der Waals surface area (Å²) in [5, 5.41) is 0.227. The molecular weight excluding hydrogens is 328 g/mol. The van der Waals surface area contributed by atoms with Crippen LogP contribution in [-0.4, -0.2) is 54.0 Å². The topological polar surface area (TPSA) is 66.6 Å². The van der Waals surface area contributed by atoms with Gasteiger partial charge in [-0.1, -0.05) is 17.7 Å². The van der Waals surface area contributed by atoms with E-state index >= 15 is 0 Å². The minimum Gasteiger partial charge on any atom is -0.368 e. The molecule has 0 aromatic heterocycles. The van der Waals surface area contributed by atoms with Crippen molar-refractivity contribution < 1.29 is 18.4 Å². The molecule has 8 heteroatoms. The Morgan fingerprint density at radius 2 is 2.17 bits per heavy atom. The number of rotatable bonds is 5. The Labute approximate surface area is 138 Å². The molecule has 2 atom stereocenters. The van der Waals surface area contributed by atoms with Gasteiger partial charge in [0.15, 0.2) is 0 Å². The Morgan fingerprint density at radius 1 is 1.48 bits per heavy atom. The van der Waals surface area contributed by atoms with Gasteiger partial charge in [-0.15, -0.1) is 0 Å². The van der Waals surface area contributed by atoms with E-state index in [0.717, 1.165) is 0 Å². The summed E-state index contributed by atoms with van der Waals surface area (Å²) in [7, 11) is 1.49. The van der Waals surface area contributed by atoms with Crippen LogP contribution in [0.25, 0.3) is 0 Å². The van der Waals surface area contributed by atoms with Gasteiger partial charge >= 0.3 is 0 Å². The van der Waals surface area contributed by atoms with Crippen molar-refractivity contribution in [3.05, 3.63) is 34.6 Å². The van der Waals surface area contributed by atoms with Crippen molar-refractivity contribution in [3.63, 3.8) is 0 Å². The Morgan fingerprint density at radius 3 is 2.78 bits per heavy atom. The number of likely N-dealkylation sites (tertiary alicyclic amines) is 1. The van der Waals surface area contributed by atoms with Gasteiger partial charge in [0.05, 0.1) is 12.6 Å². The van der Waals surface area contributed by atoms with Gasteiger partial charge in [-0.2, -0.15) is 0 Å². The molecule has 0 unspecified atom stereocenters. The smallest absolute Gasteiger partial charge is 0.236 e. The second kappa shape index (κ2) is 7.23. The van der Waals surface area contributed by atoms with Crippen molar-refractivity contribution in [2.75, 3.05) is 20.1 Å². The second-order valence-electron chi connectivity index (χ2n) is 5.63. The average molecular weight is 346 g/mol. The van der Waals surface area contributed by atoms with Gasteiger partial charge in [0.1, 0.15) is 12.0 Å². The molecule has 126 valence electrons. The lowest BCUT2D eigenvalue weighted by molar-refractivity contribution is -0.132. The number of alkyl halides is 1. The molecule has 0 saturated carbocycles. The fourth-order valence-corrected chi connectivity index (χ4v) is 2.84. The number of carbonyl (C=O) groups excluding carboxylic acids is 2. The molecule has 2 amide bonds. The van der Waals surface area contributed by atoms with Crippen molar-refractivity contribution in [2.45, 2.75) is 25.2 Å². The number of nitrogens with zero attached hydrogens (tertiary/aromatic N) is 2. The SMILES string of the molecule is CN(Cc1c(F)cccc1Cl)C(=O)CN1C[C@H](F)C[C@H]1C(N)=O. The zero-order chi connectivity index (χ0) is 17.1. The highest BCUT2D eigenvalue weighted by molar-refractivity contribution is 6.31. The quantitative estimate of drug-likeness (QED) is 0.875. The number of primary amides is 1. The highest BCUT2D eigenvalue weighted by atomic mass is 35.5. The Bertz CT molecular complexity index is 594. The van der Waals surface area contributed by atoms with Gasteiger partial charge in [-0.25, -0.2) is 8.78 Å². The Hall–Kier alpha value is -1.73. The zero-order valence-corrected chi connectivity index (χ0v) is 13.4. The second-order valence-corrected chi connectivity index (χ2v) is 6.04. The van der Waals surface area contributed by atoms with Crippen LogP contribution < -0.4 is 5.73 Å². The summed E-state index contributed by atoms with van der Waals surface area (Å²) >= 11 is 5.93. The molecule has 1 aromatic carbocycles. The molecule has 0 spiro atoms. The summed E-state index contributed by atoms with van der Waals surface area (Å²) in [6, 6.07) is 3.48. The standard InChI is InChI=1S/C15H18ClF2N3O2/c1-20(7-10-11(16)3-2-4-12(10)18)14(22)8-21-6-9(17)5-13(21)15(19)23/h2-4,9,13H,5-8H2,1H3,(H2,19,23)/t9-,13+/m1/s1. The van der Waals surface area contributed by atoms with Crippen LogP contribution in [0.4, 0.5) is 8.78 Å². The summed E-state index contributed by atoms with van der Waals surface area (Å²) in [6.07, 6.45) is -1.20. The summed E-state index contributed by atoms with van der Waals surface area (Å²) in [6.45, 7) is -0.192.